The predicted octanol–water partition coefficient (Wildman–Crippen LogP) is 15.5. The lowest BCUT2D eigenvalue weighted by Crippen LogP contribution is -2.47. The highest BCUT2D eigenvalue weighted by Crippen LogP contribution is 2.30. The Morgan fingerprint density at radius 3 is 0.675 bits per heavy atom. The summed E-state index contributed by atoms with van der Waals surface area (Å²) in [4.78, 5) is 170. The fourth-order valence-corrected chi connectivity index (χ4v) is 6.23. The minimum absolute atomic E-state index is 0. The van der Waals surface area contributed by atoms with E-state index in [1.807, 2.05) is 0 Å². The van der Waals surface area contributed by atoms with Crippen LogP contribution in [-0.2, 0) is 95.3 Å². The van der Waals surface area contributed by atoms with Crippen molar-refractivity contribution >= 4 is 147 Å². The van der Waals surface area contributed by atoms with Crippen LogP contribution >= 0.6 is 34.8 Å². The number of halogens is 6. The predicted molar refractivity (Wildman–Crippen MR) is 456 cm³/mol. The van der Waals surface area contributed by atoms with Gasteiger partial charge in [0.05, 0.1) is 12.8 Å². The number of amides is 5. The molecule has 0 aliphatic rings. The first kappa shape index (κ1) is 144. The standard InChI is InChI=1S/C14H25NO5.2C13H23NO6.C13H23NO5.C10H17NO5.C6H10Cl3NO.C2H5BF.C2H6O.4CH4.B.F2/c1-9(16)8-10(11(17)19-13(2,3)4)15-12(18)20-14(5,6)7;2*1-12(2,3)19-10(17)8(7-9(15)16)14-11(18)20-13(4,5)6;1-12(2,3)18-10(16)9(7-8-15)14-11(17)19-13(4,5)6;1-6(12)5-7(8(13)14)11-9(15)16-10(2,3)4;1-5(2,3)11-4(10)6(7,8)9;1-2-3-4;1-2-3;;;;;;1-2/h10H,8H2,1-7H3,(H,15,18);2*8H,7H2,1-6H3,(H,14,18)(H,15,16);8-9H,7H2,1-6H3,(H,14,17);7H,5H2,1-4H3,(H,11,15)(H,13,14);10H,1-3H3;2H2,1H3;3H,2H2,1H3;4*1H4;;/t10-;2*8-;9-;7-;;;;;;;;;/m11111........./s1. The summed E-state index contributed by atoms with van der Waals surface area (Å²) in [5.41, 5.74) is -6.98. The van der Waals surface area contributed by atoms with E-state index in [1.165, 1.54) is 13.8 Å². The van der Waals surface area contributed by atoms with Crippen molar-refractivity contribution in [2.24, 2.45) is 0 Å². The van der Waals surface area contributed by atoms with Crippen LogP contribution in [0.15, 0.2) is 0 Å². The van der Waals surface area contributed by atoms with Gasteiger partial charge in [-0.3, -0.25) is 24.6 Å². The Morgan fingerprint density at radius 1 is 0.367 bits per heavy atom. The summed E-state index contributed by atoms with van der Waals surface area (Å²) in [6, 6.07) is -5.90. The zero-order valence-electron chi connectivity index (χ0n) is 73.8. The molecule has 5 amide bonds. The number of carboxylic acid groups (broad SMARTS) is 3. The van der Waals surface area contributed by atoms with Crippen molar-refractivity contribution in [3.8, 4) is 0 Å². The molecular weight excluding hydrogens is 1660 g/mol. The second kappa shape index (κ2) is 66.5. The zero-order valence-corrected chi connectivity index (χ0v) is 76.1. The van der Waals surface area contributed by atoms with Gasteiger partial charge in [0.1, 0.15) is 104 Å². The summed E-state index contributed by atoms with van der Waals surface area (Å²) in [5, 5.41) is 52.3. The molecule has 35 nitrogen and oxygen atoms in total. The van der Waals surface area contributed by atoms with Crippen LogP contribution in [0.25, 0.3) is 0 Å². The van der Waals surface area contributed by atoms with Gasteiger partial charge in [0.2, 0.25) is 5.90 Å². The second-order valence-corrected chi connectivity index (χ2v) is 36.1. The van der Waals surface area contributed by atoms with Gasteiger partial charge < -0.3 is 103 Å². The monoisotopic (exact) mass is 1800 g/mol. The number of carbonyl (C=O) groups is 15. The number of rotatable bonds is 21. The molecule has 43 heteroatoms. The van der Waals surface area contributed by atoms with Crippen LogP contribution in [0.3, 0.4) is 0 Å². The summed E-state index contributed by atoms with van der Waals surface area (Å²) in [6.45, 7) is 56.9. The molecule has 0 fully saturated rings. The third kappa shape index (κ3) is 112. The van der Waals surface area contributed by atoms with E-state index in [-0.39, 0.29) is 81.5 Å². The summed E-state index contributed by atoms with van der Waals surface area (Å²) in [5.74, 6) is -7.55. The van der Waals surface area contributed by atoms with Crippen LogP contribution in [0.2, 0.25) is 6.32 Å². The number of Topliss-reactive ketones (excluding diaryl/α,β-unsaturated/α-hetero) is 2. The number of nitrogens with one attached hydrogen (secondary N) is 6. The molecular formula is C77H148B2Cl3F3N6O29. The van der Waals surface area contributed by atoms with Crippen molar-refractivity contribution in [3.63, 3.8) is 0 Å². The molecule has 708 valence electrons. The third-order valence-corrected chi connectivity index (χ3v) is 9.93. The van der Waals surface area contributed by atoms with E-state index in [4.69, 9.17) is 117 Å². The van der Waals surface area contributed by atoms with Crippen molar-refractivity contribution in [1.82, 2.24) is 26.6 Å². The second-order valence-electron chi connectivity index (χ2n) is 33.8. The highest BCUT2D eigenvalue weighted by Gasteiger charge is 2.36. The topological polar surface area (TPSA) is 513 Å². The summed E-state index contributed by atoms with van der Waals surface area (Å²) < 4.78 is 75.1. The number of alkyl halides is 3. The molecule has 0 aliphatic heterocycles. The van der Waals surface area contributed by atoms with Crippen LogP contribution in [0, 0.1) is 5.41 Å². The number of aliphatic hydroxyl groups is 1. The normalized spacial score (nSPS) is 12.1. The van der Waals surface area contributed by atoms with Crippen LogP contribution in [0.5, 0.6) is 0 Å². The number of aldehydes is 1. The van der Waals surface area contributed by atoms with Gasteiger partial charge in [0, 0.05) is 43.4 Å². The largest absolute Gasteiger partial charge is 0.481 e. The van der Waals surface area contributed by atoms with E-state index in [2.05, 4.69) is 26.6 Å². The molecule has 0 saturated heterocycles. The number of ether oxygens (including phenoxy) is 10. The quantitative estimate of drug-likeness (QED) is 0.00970. The molecule has 5 atom stereocenters. The van der Waals surface area contributed by atoms with Gasteiger partial charge in [0.15, 0.2) is 0 Å². The molecule has 0 aliphatic carbocycles. The molecule has 0 heterocycles. The smallest absolute Gasteiger partial charge is 0.408 e. The van der Waals surface area contributed by atoms with Crippen LogP contribution in [0.1, 0.15) is 297 Å². The van der Waals surface area contributed by atoms with Crippen molar-refractivity contribution in [2.75, 3.05) is 6.61 Å². The van der Waals surface area contributed by atoms with Gasteiger partial charge in [-0.05, 0) is 235 Å². The molecule has 0 bridgehead atoms. The molecule has 0 unspecified atom stereocenters. The number of carbonyl (C=O) groups excluding carboxylic acids is 12. The van der Waals surface area contributed by atoms with E-state index in [1.54, 1.807) is 222 Å². The average Bonchev–Trinajstić information content (AvgIpc) is 0.734. The fourth-order valence-electron chi connectivity index (χ4n) is 6.12. The highest BCUT2D eigenvalue weighted by molar-refractivity contribution is 6.76. The average molecular weight is 1810 g/mol. The molecule has 0 aromatic rings. The zero-order chi connectivity index (χ0) is 94.0. The minimum Gasteiger partial charge on any atom is -0.481 e. The van der Waals surface area contributed by atoms with Crippen molar-refractivity contribution < 1.29 is 153 Å². The lowest BCUT2D eigenvalue weighted by molar-refractivity contribution is -0.160. The Hall–Kier alpha value is -8.13. The van der Waals surface area contributed by atoms with Gasteiger partial charge in [-0.2, -0.15) is 0 Å². The maximum absolute atomic E-state index is 12.0. The van der Waals surface area contributed by atoms with Gasteiger partial charge in [0.25, 0.3) is 3.79 Å². The first-order valence-corrected chi connectivity index (χ1v) is 36.5. The Balaban J connectivity index is -0.0000000915. The van der Waals surface area contributed by atoms with E-state index < -0.39 is 175 Å². The number of hydrogen-bond acceptors (Lipinski definition) is 27. The van der Waals surface area contributed by atoms with Crippen LogP contribution < -0.4 is 26.6 Å². The van der Waals surface area contributed by atoms with E-state index in [9.17, 15) is 76.2 Å². The molecule has 120 heavy (non-hydrogen) atoms. The summed E-state index contributed by atoms with van der Waals surface area (Å²) in [7, 11) is 0.625. The number of esters is 4. The van der Waals surface area contributed by atoms with E-state index >= 15 is 0 Å². The maximum atomic E-state index is 12.0. The molecule has 0 aromatic heterocycles. The Labute approximate surface area is 728 Å². The van der Waals surface area contributed by atoms with Crippen LogP contribution in [-0.4, -0.2) is 229 Å². The lowest BCUT2D eigenvalue weighted by atomic mass is 10.0. The van der Waals surface area contributed by atoms with Crippen molar-refractivity contribution in [3.05, 3.63) is 0 Å². The lowest BCUT2D eigenvalue weighted by Gasteiger charge is -2.25. The van der Waals surface area contributed by atoms with Crippen LogP contribution in [0.4, 0.5) is 37.4 Å². The Bertz CT molecular complexity index is 2840. The first-order chi connectivity index (χ1) is 50.9. The Kier molecular flexibility index (Phi) is 79.6. The number of aliphatic carboxylic acids is 3. The minimum atomic E-state index is -1.76. The van der Waals surface area contributed by atoms with E-state index in [0.717, 1.165) is 0 Å². The van der Waals surface area contributed by atoms with Gasteiger partial charge in [-0.1, -0.05) is 71.4 Å². The van der Waals surface area contributed by atoms with Gasteiger partial charge >= 0.3 is 79.8 Å². The van der Waals surface area contributed by atoms with Crippen molar-refractivity contribution in [1.29, 1.82) is 5.41 Å². The molecule has 0 saturated carbocycles. The molecule has 0 spiro atoms. The van der Waals surface area contributed by atoms with E-state index in [0.29, 0.717) is 20.2 Å². The number of aliphatic hydroxyl groups excluding tert-OH is 1. The summed E-state index contributed by atoms with van der Waals surface area (Å²) >= 11 is 16.1. The number of alkyl carbamates (subject to hydrolysis) is 5. The van der Waals surface area contributed by atoms with Gasteiger partial charge in [-0.15, -0.1) is 0 Å². The maximum Gasteiger partial charge on any atom is 0.408 e. The fraction of sp³-hybridized carbons (Fsp3) is 0.792. The highest BCUT2D eigenvalue weighted by atomic mass is 35.6. The molecule has 10 N–H and O–H groups in total. The number of hydrogen-bond donors (Lipinski definition) is 10. The molecule has 4 radical (unpaired) electrons. The SMILES string of the molecule is C.C.C.C.CC(=O)C[C@@H](NC(=O)OC(C)(C)C)C(=O)O.CC(=O)C[C@@H](NC(=O)OC(C)(C)C)C(=O)OC(C)(C)C.CC(C)(C)OC(=N)C(Cl)(Cl)Cl.CC(C)(C)OC(=O)N[C@H](CC(=O)O)C(=O)OC(C)(C)C.CC(C)(C)OC(=O)N[C@H](CC(=O)O)C(=O)OC(C)(C)C.CC(C)(C)OC(=O)N[C@H](CC=O)C(=O)OC(C)(C)C.CCO.CC[B]F.FF.[B]. The molecule has 0 rings (SSSR count). The third-order valence-electron chi connectivity index (χ3n) is 9.41. The summed E-state index contributed by atoms with van der Waals surface area (Å²) in [6.07, 6.45) is -4.71. The molecule has 0 aromatic carbocycles. The number of carboxylic acids is 3. The van der Waals surface area contributed by atoms with Gasteiger partial charge in [-0.25, -0.2) is 47.9 Å². The Morgan fingerprint density at radius 2 is 0.533 bits per heavy atom. The first-order valence-electron chi connectivity index (χ1n) is 35.4. The number of ketones is 2. The van der Waals surface area contributed by atoms with Crippen molar-refractivity contribution in [2.45, 2.75) is 394 Å².